The van der Waals surface area contributed by atoms with Crippen molar-refractivity contribution in [1.82, 2.24) is 5.32 Å². The maximum absolute atomic E-state index is 13.3. The number of hydrogen-bond donors (Lipinski definition) is 1. The highest BCUT2D eigenvalue weighted by molar-refractivity contribution is 6.33. The lowest BCUT2D eigenvalue weighted by Gasteiger charge is -2.24. The minimum atomic E-state index is -0.589. The van der Waals surface area contributed by atoms with Crippen LogP contribution in [-0.4, -0.2) is 24.4 Å². The first kappa shape index (κ1) is 13.8. The molecule has 0 saturated carbocycles. The van der Waals surface area contributed by atoms with Crippen LogP contribution in [0.4, 0.5) is 10.1 Å². The molecular weight excluding hydrogens is 271 g/mol. The molecule has 0 bridgehead atoms. The van der Waals surface area contributed by atoms with Gasteiger partial charge in [0.15, 0.2) is 0 Å². The van der Waals surface area contributed by atoms with Crippen LogP contribution >= 0.6 is 11.6 Å². The lowest BCUT2D eigenvalue weighted by Crippen LogP contribution is -2.44. The third-order valence-corrected chi connectivity index (χ3v) is 3.39. The molecule has 1 N–H and O–H groups in total. The van der Waals surface area contributed by atoms with E-state index >= 15 is 0 Å². The zero-order valence-corrected chi connectivity index (χ0v) is 11.2. The molecular formula is C13H14ClFN2O2. The Morgan fingerprint density at radius 2 is 2.21 bits per heavy atom. The van der Waals surface area contributed by atoms with Crippen LogP contribution in [0.3, 0.4) is 0 Å². The first-order valence-corrected chi connectivity index (χ1v) is 6.46. The molecule has 0 aliphatic carbocycles. The van der Waals surface area contributed by atoms with Crippen LogP contribution in [0.15, 0.2) is 18.2 Å². The molecule has 6 heteroatoms. The maximum atomic E-state index is 13.3. The van der Waals surface area contributed by atoms with Crippen molar-refractivity contribution in [2.45, 2.75) is 25.8 Å². The number of amides is 2. The number of hydrogen-bond acceptors (Lipinski definition) is 2. The summed E-state index contributed by atoms with van der Waals surface area (Å²) in [5.74, 6) is -0.917. The van der Waals surface area contributed by atoms with E-state index in [1.54, 1.807) is 6.92 Å². The largest absolute Gasteiger partial charge is 0.344 e. The van der Waals surface area contributed by atoms with Crippen molar-refractivity contribution in [3.8, 4) is 0 Å². The molecule has 0 radical (unpaired) electrons. The lowest BCUT2D eigenvalue weighted by molar-refractivity contribution is -0.125. The molecule has 1 aliphatic heterocycles. The monoisotopic (exact) mass is 284 g/mol. The Morgan fingerprint density at radius 3 is 2.89 bits per heavy atom. The predicted molar refractivity (Wildman–Crippen MR) is 70.6 cm³/mol. The summed E-state index contributed by atoms with van der Waals surface area (Å²) < 4.78 is 13.3. The molecule has 0 spiro atoms. The minimum Gasteiger partial charge on any atom is -0.344 e. The number of carbonyl (C=O) groups is 2. The first-order valence-electron chi connectivity index (χ1n) is 6.08. The van der Waals surface area contributed by atoms with Gasteiger partial charge in [0.2, 0.25) is 11.8 Å². The highest BCUT2D eigenvalue weighted by Crippen LogP contribution is 2.28. The fourth-order valence-electron chi connectivity index (χ4n) is 2.05. The molecule has 1 aromatic carbocycles. The average molecular weight is 285 g/mol. The van der Waals surface area contributed by atoms with Gasteiger partial charge in [0, 0.05) is 13.0 Å². The Morgan fingerprint density at radius 1 is 1.47 bits per heavy atom. The second-order valence-corrected chi connectivity index (χ2v) is 4.77. The summed E-state index contributed by atoms with van der Waals surface area (Å²) in [5, 5.41) is 2.94. The zero-order chi connectivity index (χ0) is 14.0. The van der Waals surface area contributed by atoms with Gasteiger partial charge < -0.3 is 10.2 Å². The van der Waals surface area contributed by atoms with E-state index in [0.29, 0.717) is 17.1 Å². The van der Waals surface area contributed by atoms with E-state index in [1.807, 2.05) is 0 Å². The van der Waals surface area contributed by atoms with Crippen LogP contribution in [0.2, 0.25) is 5.02 Å². The van der Waals surface area contributed by atoms with E-state index in [-0.39, 0.29) is 24.8 Å². The number of nitrogens with zero attached hydrogens (tertiary/aromatic N) is 1. The van der Waals surface area contributed by atoms with Gasteiger partial charge in [-0.1, -0.05) is 18.5 Å². The van der Waals surface area contributed by atoms with Gasteiger partial charge in [-0.05, 0) is 24.6 Å². The molecule has 4 nitrogen and oxygen atoms in total. The standard InChI is InChI=1S/C13H14ClFN2O2/c1-2-10-13(19)17(6-5-12(18)16-10)11-7-8(15)3-4-9(11)14/h3-4,7,10H,2,5-6H2,1H3,(H,16,18). The minimum absolute atomic E-state index is 0.176. The highest BCUT2D eigenvalue weighted by Gasteiger charge is 2.30. The van der Waals surface area contributed by atoms with E-state index in [0.717, 1.165) is 0 Å². The normalized spacial score (nSPS) is 20.2. The smallest absolute Gasteiger partial charge is 0.249 e. The Labute approximate surface area is 115 Å². The fourth-order valence-corrected chi connectivity index (χ4v) is 2.27. The summed E-state index contributed by atoms with van der Waals surface area (Å²) in [4.78, 5) is 25.2. The second kappa shape index (κ2) is 5.57. The van der Waals surface area contributed by atoms with Crippen LogP contribution in [0.1, 0.15) is 19.8 Å². The number of halogens is 2. The molecule has 1 saturated heterocycles. The van der Waals surface area contributed by atoms with Crippen molar-refractivity contribution in [3.05, 3.63) is 29.0 Å². The number of anilines is 1. The molecule has 2 rings (SSSR count). The number of nitrogens with one attached hydrogen (secondary N) is 1. The quantitative estimate of drug-likeness (QED) is 0.904. The van der Waals surface area contributed by atoms with Gasteiger partial charge in [0.1, 0.15) is 11.9 Å². The van der Waals surface area contributed by atoms with Crippen molar-refractivity contribution >= 4 is 29.1 Å². The second-order valence-electron chi connectivity index (χ2n) is 4.36. The van der Waals surface area contributed by atoms with Crippen LogP contribution in [0.5, 0.6) is 0 Å². The van der Waals surface area contributed by atoms with E-state index < -0.39 is 11.9 Å². The van der Waals surface area contributed by atoms with E-state index in [9.17, 15) is 14.0 Å². The first-order chi connectivity index (χ1) is 9.02. The number of rotatable bonds is 2. The average Bonchev–Trinajstić information content (AvgIpc) is 2.52. The van der Waals surface area contributed by atoms with Gasteiger partial charge in [-0.15, -0.1) is 0 Å². The van der Waals surface area contributed by atoms with E-state index in [4.69, 9.17) is 11.6 Å². The zero-order valence-electron chi connectivity index (χ0n) is 10.5. The van der Waals surface area contributed by atoms with Crippen molar-refractivity contribution < 1.29 is 14.0 Å². The summed E-state index contributed by atoms with van der Waals surface area (Å²) in [5.41, 5.74) is 0.307. The Balaban J connectivity index is 2.38. The van der Waals surface area contributed by atoms with Gasteiger partial charge in [-0.2, -0.15) is 0 Å². The molecule has 102 valence electrons. The number of benzene rings is 1. The van der Waals surface area contributed by atoms with Gasteiger partial charge >= 0.3 is 0 Å². The summed E-state index contributed by atoms with van der Waals surface area (Å²) in [6.45, 7) is 2.00. The molecule has 2 amide bonds. The molecule has 1 aromatic rings. The van der Waals surface area contributed by atoms with E-state index in [1.165, 1.54) is 23.1 Å². The lowest BCUT2D eigenvalue weighted by atomic mass is 10.2. The molecule has 1 atom stereocenters. The Hall–Kier alpha value is -1.62. The van der Waals surface area contributed by atoms with Gasteiger partial charge in [0.25, 0.3) is 0 Å². The predicted octanol–water partition coefficient (Wildman–Crippen LogP) is 2.11. The Kier molecular flexibility index (Phi) is 4.04. The highest BCUT2D eigenvalue weighted by atomic mass is 35.5. The summed E-state index contributed by atoms with van der Waals surface area (Å²) >= 11 is 6.01. The summed E-state index contributed by atoms with van der Waals surface area (Å²) in [7, 11) is 0. The van der Waals surface area contributed by atoms with Crippen molar-refractivity contribution in [2.75, 3.05) is 11.4 Å². The molecule has 1 heterocycles. The van der Waals surface area contributed by atoms with Crippen LogP contribution in [-0.2, 0) is 9.59 Å². The fraction of sp³-hybridized carbons (Fsp3) is 0.385. The third kappa shape index (κ3) is 2.87. The third-order valence-electron chi connectivity index (χ3n) is 3.07. The van der Waals surface area contributed by atoms with Crippen molar-refractivity contribution in [2.24, 2.45) is 0 Å². The molecule has 19 heavy (non-hydrogen) atoms. The summed E-state index contributed by atoms with van der Waals surface area (Å²) in [6.07, 6.45) is 0.656. The number of carbonyl (C=O) groups excluding carboxylic acids is 2. The van der Waals surface area contributed by atoms with Crippen LogP contribution in [0, 0.1) is 5.82 Å². The molecule has 1 fully saturated rings. The van der Waals surface area contributed by atoms with Gasteiger partial charge in [-0.25, -0.2) is 4.39 Å². The van der Waals surface area contributed by atoms with Gasteiger partial charge in [0.05, 0.1) is 10.7 Å². The topological polar surface area (TPSA) is 49.4 Å². The molecule has 0 aromatic heterocycles. The van der Waals surface area contributed by atoms with Crippen LogP contribution < -0.4 is 10.2 Å². The van der Waals surface area contributed by atoms with Crippen LogP contribution in [0.25, 0.3) is 0 Å². The maximum Gasteiger partial charge on any atom is 0.249 e. The summed E-state index contributed by atoms with van der Waals surface area (Å²) in [6, 6.07) is 3.26. The SMILES string of the molecule is CCC1NC(=O)CCN(c2cc(F)ccc2Cl)C1=O. The molecule has 1 aliphatic rings. The Bertz CT molecular complexity index is 521. The van der Waals surface area contributed by atoms with Gasteiger partial charge in [-0.3, -0.25) is 9.59 Å². The van der Waals surface area contributed by atoms with Crippen molar-refractivity contribution in [3.63, 3.8) is 0 Å². The van der Waals surface area contributed by atoms with E-state index in [2.05, 4.69) is 5.32 Å². The molecule has 1 unspecified atom stereocenters. The van der Waals surface area contributed by atoms with Crippen molar-refractivity contribution in [1.29, 1.82) is 0 Å².